The standard InChI is InChI=1S/C61H40N2O2/c1-3-17-43(18-4-1)62(44-19-5-2-6-20-44)45-31-33-46(34-32-45)63(47-21-15-16-41(38-47)42-30-36-58-52(39-42)51-24-9-13-28-57(51)64-58)48-35-37-60-56(40-48)61(55-27-12-14-29-59(55)65-60)53-25-10-7-22-49(53)50-23-8-11-26-54(50)61/h1-40H. The summed E-state index contributed by atoms with van der Waals surface area (Å²) in [4.78, 5) is 4.69. The van der Waals surface area contributed by atoms with Gasteiger partial charge in [0.15, 0.2) is 0 Å². The topological polar surface area (TPSA) is 28.9 Å². The normalized spacial score (nSPS) is 12.9. The number of para-hydroxylation sites is 4. The molecule has 4 nitrogen and oxygen atoms in total. The predicted molar refractivity (Wildman–Crippen MR) is 266 cm³/mol. The number of nitrogens with zero attached hydrogens (tertiary/aromatic N) is 2. The third-order valence-corrected chi connectivity index (χ3v) is 13.3. The first-order chi connectivity index (χ1) is 32.2. The lowest BCUT2D eigenvalue weighted by Crippen LogP contribution is -2.32. The molecule has 0 radical (unpaired) electrons. The van der Waals surface area contributed by atoms with Crippen LogP contribution in [0.5, 0.6) is 11.5 Å². The molecule has 2 aliphatic rings. The van der Waals surface area contributed by atoms with Crippen LogP contribution >= 0.6 is 0 Å². The van der Waals surface area contributed by atoms with Gasteiger partial charge in [-0.3, -0.25) is 0 Å². The molecular weight excluding hydrogens is 793 g/mol. The Kier molecular flexibility index (Phi) is 8.40. The minimum absolute atomic E-state index is 0.598. The van der Waals surface area contributed by atoms with E-state index in [1.54, 1.807) is 0 Å². The predicted octanol–water partition coefficient (Wildman–Crippen LogP) is 16.7. The van der Waals surface area contributed by atoms with Crippen LogP contribution in [0.25, 0.3) is 44.2 Å². The number of benzene rings is 10. The second kappa shape index (κ2) is 14.8. The molecule has 2 heterocycles. The van der Waals surface area contributed by atoms with E-state index in [1.165, 1.54) is 22.3 Å². The van der Waals surface area contributed by atoms with Crippen molar-refractivity contribution in [2.24, 2.45) is 0 Å². The summed E-state index contributed by atoms with van der Waals surface area (Å²) in [5.41, 5.74) is 17.0. The SMILES string of the molecule is c1ccc(N(c2ccccc2)c2ccc(N(c3cccc(-c4ccc5oc6ccccc6c5c4)c3)c3ccc4c(c3)C3(c5ccccc5O4)c4ccccc4-c4ccccc43)cc2)cc1. The van der Waals surface area contributed by atoms with Gasteiger partial charge in [0.05, 0.1) is 5.41 Å². The van der Waals surface area contributed by atoms with E-state index in [1.807, 2.05) is 12.1 Å². The Bertz CT molecular complexity index is 3510. The quantitative estimate of drug-likeness (QED) is 0.160. The number of rotatable bonds is 7. The van der Waals surface area contributed by atoms with Crippen LogP contribution in [0.4, 0.5) is 34.1 Å². The maximum atomic E-state index is 6.87. The molecule has 0 amide bonds. The summed E-state index contributed by atoms with van der Waals surface area (Å²) in [5, 5.41) is 2.22. The summed E-state index contributed by atoms with van der Waals surface area (Å²) in [6, 6.07) is 86.8. The van der Waals surface area contributed by atoms with Gasteiger partial charge in [-0.15, -0.1) is 0 Å². The summed E-state index contributed by atoms with van der Waals surface area (Å²) in [6.07, 6.45) is 0. The fourth-order valence-electron chi connectivity index (χ4n) is 10.5. The number of hydrogen-bond donors (Lipinski definition) is 0. The molecule has 306 valence electrons. The molecule has 0 saturated heterocycles. The van der Waals surface area contributed by atoms with E-state index in [4.69, 9.17) is 9.15 Å². The highest BCUT2D eigenvalue weighted by Gasteiger charge is 2.51. The highest BCUT2D eigenvalue weighted by atomic mass is 16.5. The maximum Gasteiger partial charge on any atom is 0.135 e. The highest BCUT2D eigenvalue weighted by Crippen LogP contribution is 2.62. The smallest absolute Gasteiger partial charge is 0.135 e. The zero-order chi connectivity index (χ0) is 42.9. The van der Waals surface area contributed by atoms with E-state index in [0.717, 1.165) is 89.8 Å². The summed E-state index contributed by atoms with van der Waals surface area (Å²) >= 11 is 0. The monoisotopic (exact) mass is 832 g/mol. The molecule has 1 aliphatic carbocycles. The number of furan rings is 1. The van der Waals surface area contributed by atoms with E-state index < -0.39 is 5.41 Å². The average molecular weight is 833 g/mol. The van der Waals surface area contributed by atoms with Crippen LogP contribution < -0.4 is 14.5 Å². The Morgan fingerprint density at radius 3 is 1.49 bits per heavy atom. The van der Waals surface area contributed by atoms with Gasteiger partial charge in [-0.2, -0.15) is 0 Å². The molecule has 1 aromatic heterocycles. The second-order valence-corrected chi connectivity index (χ2v) is 16.8. The van der Waals surface area contributed by atoms with Crippen LogP contribution in [-0.2, 0) is 5.41 Å². The number of anilines is 6. The van der Waals surface area contributed by atoms with Gasteiger partial charge in [0.1, 0.15) is 22.7 Å². The van der Waals surface area contributed by atoms with Gasteiger partial charge >= 0.3 is 0 Å². The largest absolute Gasteiger partial charge is 0.457 e. The van der Waals surface area contributed by atoms with Crippen LogP contribution in [0.1, 0.15) is 22.3 Å². The van der Waals surface area contributed by atoms with Crippen molar-refractivity contribution in [1.82, 2.24) is 0 Å². The van der Waals surface area contributed by atoms with Gasteiger partial charge in [-0.25, -0.2) is 0 Å². The van der Waals surface area contributed by atoms with Crippen molar-refractivity contribution in [3.8, 4) is 33.8 Å². The Morgan fingerprint density at radius 1 is 0.292 bits per heavy atom. The molecule has 0 bridgehead atoms. The Balaban J connectivity index is 1.01. The Labute approximate surface area is 377 Å². The number of ether oxygens (including phenoxy) is 1. The molecule has 13 rings (SSSR count). The van der Waals surface area contributed by atoms with Gasteiger partial charge in [-0.1, -0.05) is 140 Å². The molecule has 0 fully saturated rings. The molecule has 1 aliphatic heterocycles. The number of hydrogen-bond acceptors (Lipinski definition) is 4. The van der Waals surface area contributed by atoms with Crippen LogP contribution in [0.15, 0.2) is 247 Å². The van der Waals surface area contributed by atoms with E-state index in [2.05, 4.69) is 240 Å². The van der Waals surface area contributed by atoms with Gasteiger partial charge in [0.2, 0.25) is 0 Å². The third kappa shape index (κ3) is 5.77. The van der Waals surface area contributed by atoms with Gasteiger partial charge in [0, 0.05) is 56.0 Å². The molecule has 0 unspecified atom stereocenters. The van der Waals surface area contributed by atoms with E-state index in [0.29, 0.717) is 0 Å². The average Bonchev–Trinajstić information content (AvgIpc) is 3.89. The minimum Gasteiger partial charge on any atom is -0.457 e. The first-order valence-corrected chi connectivity index (χ1v) is 22.2. The second-order valence-electron chi connectivity index (χ2n) is 16.8. The maximum absolute atomic E-state index is 6.87. The molecule has 11 aromatic rings. The first kappa shape index (κ1) is 37.0. The van der Waals surface area contributed by atoms with Gasteiger partial charge in [0.25, 0.3) is 0 Å². The van der Waals surface area contributed by atoms with Crippen molar-refractivity contribution >= 4 is 56.1 Å². The zero-order valence-corrected chi connectivity index (χ0v) is 35.3. The van der Waals surface area contributed by atoms with Crippen molar-refractivity contribution in [3.63, 3.8) is 0 Å². The summed E-state index contributed by atoms with van der Waals surface area (Å²) in [5.74, 6) is 1.73. The molecule has 1 spiro atoms. The lowest BCUT2D eigenvalue weighted by Gasteiger charge is -2.40. The van der Waals surface area contributed by atoms with Crippen molar-refractivity contribution in [2.75, 3.05) is 9.80 Å². The third-order valence-electron chi connectivity index (χ3n) is 13.3. The van der Waals surface area contributed by atoms with Crippen LogP contribution in [0, 0.1) is 0 Å². The fraction of sp³-hybridized carbons (Fsp3) is 0.0164. The molecule has 4 heteroatoms. The van der Waals surface area contributed by atoms with Crippen LogP contribution in [0.3, 0.4) is 0 Å². The van der Waals surface area contributed by atoms with Crippen molar-refractivity contribution < 1.29 is 9.15 Å². The van der Waals surface area contributed by atoms with E-state index in [-0.39, 0.29) is 0 Å². The Hall–Kier alpha value is -8.60. The minimum atomic E-state index is -0.598. The van der Waals surface area contributed by atoms with Crippen LogP contribution in [-0.4, -0.2) is 0 Å². The summed E-state index contributed by atoms with van der Waals surface area (Å²) in [7, 11) is 0. The highest BCUT2D eigenvalue weighted by molar-refractivity contribution is 6.06. The van der Waals surface area contributed by atoms with Crippen molar-refractivity contribution in [2.45, 2.75) is 5.41 Å². The molecule has 10 aromatic carbocycles. The van der Waals surface area contributed by atoms with Gasteiger partial charge < -0.3 is 19.0 Å². The molecule has 0 N–H and O–H groups in total. The van der Waals surface area contributed by atoms with E-state index in [9.17, 15) is 0 Å². The van der Waals surface area contributed by atoms with E-state index >= 15 is 0 Å². The molecule has 0 atom stereocenters. The van der Waals surface area contributed by atoms with Crippen molar-refractivity contribution in [1.29, 1.82) is 0 Å². The lowest BCUT2D eigenvalue weighted by molar-refractivity contribution is 0.436. The zero-order valence-electron chi connectivity index (χ0n) is 35.3. The first-order valence-electron chi connectivity index (χ1n) is 22.2. The lowest BCUT2D eigenvalue weighted by atomic mass is 9.66. The molecule has 0 saturated carbocycles. The van der Waals surface area contributed by atoms with Gasteiger partial charge in [-0.05, 0) is 137 Å². The molecule has 65 heavy (non-hydrogen) atoms. The van der Waals surface area contributed by atoms with Crippen LogP contribution in [0.2, 0.25) is 0 Å². The summed E-state index contributed by atoms with van der Waals surface area (Å²) in [6.45, 7) is 0. The fourth-order valence-corrected chi connectivity index (χ4v) is 10.5. The molecular formula is C61H40N2O2. The Morgan fingerprint density at radius 2 is 0.785 bits per heavy atom. The van der Waals surface area contributed by atoms with Crippen molar-refractivity contribution in [3.05, 3.63) is 265 Å². The summed E-state index contributed by atoms with van der Waals surface area (Å²) < 4.78 is 13.1. The number of fused-ring (bicyclic) bond motifs is 12.